The van der Waals surface area contributed by atoms with Crippen molar-refractivity contribution in [1.29, 1.82) is 0 Å². The zero-order valence-electron chi connectivity index (χ0n) is 9.45. The van der Waals surface area contributed by atoms with E-state index in [1.807, 2.05) is 0 Å². The van der Waals surface area contributed by atoms with Crippen molar-refractivity contribution in [3.63, 3.8) is 0 Å². The van der Waals surface area contributed by atoms with E-state index in [0.717, 1.165) is 5.03 Å². The van der Waals surface area contributed by atoms with E-state index in [0.29, 0.717) is 9.92 Å². The second-order valence-corrected chi connectivity index (χ2v) is 5.60. The Labute approximate surface area is 114 Å². The normalized spacial score (nSPS) is 10.5. The van der Waals surface area contributed by atoms with E-state index in [9.17, 15) is 0 Å². The van der Waals surface area contributed by atoms with Gasteiger partial charge in [-0.1, -0.05) is 41.1 Å². The number of rotatable bonds is 2. The van der Waals surface area contributed by atoms with Crippen molar-refractivity contribution < 1.29 is 0 Å². The predicted octanol–water partition coefficient (Wildman–Crippen LogP) is 4.56. The summed E-state index contributed by atoms with van der Waals surface area (Å²) < 4.78 is 0.407. The van der Waals surface area contributed by atoms with E-state index in [1.165, 1.54) is 16.0 Å². The molecule has 2 aromatic rings. The van der Waals surface area contributed by atoms with Crippen LogP contribution in [0.1, 0.15) is 11.1 Å². The summed E-state index contributed by atoms with van der Waals surface area (Å²) in [7, 11) is 0. The third-order valence-corrected chi connectivity index (χ3v) is 3.73. The van der Waals surface area contributed by atoms with E-state index in [4.69, 9.17) is 23.8 Å². The van der Waals surface area contributed by atoms with Gasteiger partial charge in [0.2, 0.25) is 0 Å². The summed E-state index contributed by atoms with van der Waals surface area (Å²) in [5.41, 5.74) is 2.48. The fraction of sp³-hybridized carbons (Fsp3) is 0.167. The lowest BCUT2D eigenvalue weighted by Gasteiger charge is -2.06. The van der Waals surface area contributed by atoms with Gasteiger partial charge >= 0.3 is 0 Å². The van der Waals surface area contributed by atoms with Crippen LogP contribution in [0.4, 0.5) is 0 Å². The summed E-state index contributed by atoms with van der Waals surface area (Å²) in [5.74, 6) is 0. The molecule has 0 bridgehead atoms. The van der Waals surface area contributed by atoms with Crippen molar-refractivity contribution in [2.45, 2.75) is 23.8 Å². The first-order chi connectivity index (χ1) is 8.04. The first kappa shape index (κ1) is 12.6. The van der Waals surface area contributed by atoms with Crippen molar-refractivity contribution in [1.82, 2.24) is 9.97 Å². The Bertz CT molecular complexity index is 608. The van der Waals surface area contributed by atoms with Gasteiger partial charge in [0.25, 0.3) is 0 Å². The molecule has 0 saturated carbocycles. The van der Waals surface area contributed by atoms with Crippen LogP contribution in [0.2, 0.25) is 5.15 Å². The quantitative estimate of drug-likeness (QED) is 0.646. The van der Waals surface area contributed by atoms with Crippen LogP contribution in [-0.4, -0.2) is 9.97 Å². The van der Waals surface area contributed by atoms with Crippen LogP contribution < -0.4 is 0 Å². The van der Waals surface area contributed by atoms with Gasteiger partial charge < -0.3 is 4.98 Å². The molecular formula is C12H11ClN2S2. The predicted molar refractivity (Wildman–Crippen MR) is 74.5 cm³/mol. The molecular weight excluding hydrogens is 272 g/mol. The number of hydrogen-bond donors (Lipinski definition) is 1. The summed E-state index contributed by atoms with van der Waals surface area (Å²) >= 11 is 12.5. The molecule has 0 atom stereocenters. The number of aromatic nitrogens is 2. The molecule has 0 aliphatic rings. The van der Waals surface area contributed by atoms with Gasteiger partial charge in [-0.3, -0.25) is 0 Å². The highest BCUT2D eigenvalue weighted by atomic mass is 35.5. The van der Waals surface area contributed by atoms with Crippen LogP contribution in [0.3, 0.4) is 0 Å². The second kappa shape index (κ2) is 5.21. The van der Waals surface area contributed by atoms with Gasteiger partial charge in [0, 0.05) is 11.0 Å². The minimum Gasteiger partial charge on any atom is -0.321 e. The Hall–Kier alpha value is -0.840. The molecule has 1 aromatic heterocycles. The lowest BCUT2D eigenvalue weighted by molar-refractivity contribution is 1.02. The van der Waals surface area contributed by atoms with Gasteiger partial charge in [0.05, 0.1) is 0 Å². The van der Waals surface area contributed by atoms with Gasteiger partial charge in [-0.05, 0) is 37.7 Å². The zero-order chi connectivity index (χ0) is 12.4. The second-order valence-electron chi connectivity index (χ2n) is 3.74. The Balaban J connectivity index is 2.34. The van der Waals surface area contributed by atoms with Crippen LogP contribution in [0.25, 0.3) is 0 Å². The topological polar surface area (TPSA) is 28.7 Å². The van der Waals surface area contributed by atoms with Gasteiger partial charge in [-0.25, -0.2) is 4.98 Å². The van der Waals surface area contributed by atoms with Gasteiger partial charge in [0.1, 0.15) is 10.2 Å². The highest BCUT2D eigenvalue weighted by Gasteiger charge is 2.04. The summed E-state index contributed by atoms with van der Waals surface area (Å²) in [5, 5.41) is 1.32. The molecule has 0 spiro atoms. The molecule has 88 valence electrons. The molecule has 1 N–H and O–H groups in total. The Morgan fingerprint density at radius 1 is 1.29 bits per heavy atom. The Kier molecular flexibility index (Phi) is 3.86. The number of halogens is 1. The van der Waals surface area contributed by atoms with E-state index in [-0.39, 0.29) is 0 Å². The van der Waals surface area contributed by atoms with Gasteiger partial charge in [-0.15, -0.1) is 0 Å². The number of aryl methyl sites for hydroxylation is 2. The van der Waals surface area contributed by atoms with Crippen LogP contribution in [0, 0.1) is 18.6 Å². The van der Waals surface area contributed by atoms with E-state index in [1.54, 1.807) is 17.8 Å². The third kappa shape index (κ3) is 3.31. The summed E-state index contributed by atoms with van der Waals surface area (Å²) in [4.78, 5) is 8.17. The van der Waals surface area contributed by atoms with E-state index in [2.05, 4.69) is 42.0 Å². The average Bonchev–Trinajstić information content (AvgIpc) is 2.21. The summed E-state index contributed by atoms with van der Waals surface area (Å²) in [6.07, 6.45) is 0. The molecule has 1 heterocycles. The SMILES string of the molecule is Cc1ccc(Sc2cc(Cl)[nH]c(=S)n2)c(C)c1. The maximum atomic E-state index is 5.91. The van der Waals surface area contributed by atoms with Crippen molar-refractivity contribution in [2.24, 2.45) is 0 Å². The van der Waals surface area contributed by atoms with Crippen molar-refractivity contribution in [3.05, 3.63) is 45.3 Å². The molecule has 0 aliphatic carbocycles. The largest absolute Gasteiger partial charge is 0.321 e. The molecule has 5 heteroatoms. The maximum absolute atomic E-state index is 5.91. The number of benzene rings is 1. The minimum atomic E-state index is 0.407. The smallest absolute Gasteiger partial charge is 0.198 e. The van der Waals surface area contributed by atoms with E-state index >= 15 is 0 Å². The first-order valence-electron chi connectivity index (χ1n) is 5.06. The van der Waals surface area contributed by atoms with Crippen molar-refractivity contribution >= 4 is 35.6 Å². The molecule has 0 amide bonds. The molecule has 0 fully saturated rings. The van der Waals surface area contributed by atoms with Gasteiger partial charge in [-0.2, -0.15) is 0 Å². The number of nitrogens with zero attached hydrogens (tertiary/aromatic N) is 1. The lowest BCUT2D eigenvalue weighted by atomic mass is 10.2. The van der Waals surface area contributed by atoms with Crippen LogP contribution in [0.15, 0.2) is 34.2 Å². The number of nitrogens with one attached hydrogen (secondary N) is 1. The highest BCUT2D eigenvalue weighted by Crippen LogP contribution is 2.30. The zero-order valence-corrected chi connectivity index (χ0v) is 11.8. The molecule has 17 heavy (non-hydrogen) atoms. The number of aromatic amines is 1. The van der Waals surface area contributed by atoms with Crippen LogP contribution in [-0.2, 0) is 0 Å². The summed E-state index contributed by atoms with van der Waals surface area (Å²) in [6, 6.07) is 8.10. The Morgan fingerprint density at radius 3 is 2.71 bits per heavy atom. The minimum absolute atomic E-state index is 0.407. The number of hydrogen-bond acceptors (Lipinski definition) is 3. The number of H-pyrrole nitrogens is 1. The monoisotopic (exact) mass is 282 g/mol. The standard InChI is InChI=1S/C12H11ClN2S2/c1-7-3-4-9(8(2)5-7)17-11-6-10(13)14-12(16)15-11/h3-6H,1-2H3,(H,14,15,16). The molecule has 0 aliphatic heterocycles. The fourth-order valence-electron chi connectivity index (χ4n) is 1.49. The third-order valence-electron chi connectivity index (χ3n) is 2.23. The molecule has 1 aromatic carbocycles. The lowest BCUT2D eigenvalue weighted by Crippen LogP contribution is -1.87. The summed E-state index contributed by atoms with van der Waals surface area (Å²) in [6.45, 7) is 4.16. The average molecular weight is 283 g/mol. The first-order valence-corrected chi connectivity index (χ1v) is 6.67. The van der Waals surface area contributed by atoms with Gasteiger partial charge in [0.15, 0.2) is 4.77 Å². The van der Waals surface area contributed by atoms with E-state index < -0.39 is 0 Å². The molecule has 0 unspecified atom stereocenters. The molecule has 0 radical (unpaired) electrons. The van der Waals surface area contributed by atoms with Crippen LogP contribution >= 0.6 is 35.6 Å². The van der Waals surface area contributed by atoms with Crippen molar-refractivity contribution in [3.8, 4) is 0 Å². The maximum Gasteiger partial charge on any atom is 0.198 e. The molecule has 2 nitrogen and oxygen atoms in total. The Morgan fingerprint density at radius 2 is 2.06 bits per heavy atom. The fourth-order valence-corrected chi connectivity index (χ4v) is 2.96. The molecule has 2 rings (SSSR count). The van der Waals surface area contributed by atoms with Crippen molar-refractivity contribution in [2.75, 3.05) is 0 Å². The van der Waals surface area contributed by atoms with Crippen LogP contribution in [0.5, 0.6) is 0 Å². The molecule has 0 saturated heterocycles. The highest BCUT2D eigenvalue weighted by molar-refractivity contribution is 7.99.